The highest BCUT2D eigenvalue weighted by Gasteiger charge is 2.11. The maximum atomic E-state index is 5.54. The highest BCUT2D eigenvalue weighted by molar-refractivity contribution is 8.29. The molecule has 4 heteroatoms. The van der Waals surface area contributed by atoms with E-state index in [4.69, 9.17) is 10.7 Å². The quantitative estimate of drug-likeness (QED) is 0.640. The van der Waals surface area contributed by atoms with Crippen LogP contribution >= 0.6 is 33.4 Å². The van der Waals surface area contributed by atoms with Gasteiger partial charge in [-0.2, -0.15) is 0 Å². The maximum absolute atomic E-state index is 5.54. The van der Waals surface area contributed by atoms with Gasteiger partial charge in [0.2, 0.25) is 0 Å². The summed E-state index contributed by atoms with van der Waals surface area (Å²) < 4.78 is 0.574. The highest BCUT2D eigenvalue weighted by atomic mass is 35.7. The molecule has 1 atom stereocenters. The van der Waals surface area contributed by atoms with Crippen LogP contribution < -0.4 is 5.32 Å². The van der Waals surface area contributed by atoms with E-state index in [1.54, 1.807) is 0 Å². The van der Waals surface area contributed by atoms with Gasteiger partial charge < -0.3 is 5.32 Å². The molecule has 0 aliphatic carbocycles. The van der Waals surface area contributed by atoms with Crippen molar-refractivity contribution in [2.45, 2.75) is 4.58 Å². The molecule has 1 N–H and O–H groups in total. The zero-order chi connectivity index (χ0) is 5.82. The second kappa shape index (κ2) is 3.88. The molecule has 0 saturated carbocycles. The topological polar surface area (TPSA) is 12.0 Å². The lowest BCUT2D eigenvalue weighted by atomic mass is 10.6. The minimum atomic E-state index is 0.574. The van der Waals surface area contributed by atoms with Crippen molar-refractivity contribution in [2.75, 3.05) is 18.8 Å². The van der Waals surface area contributed by atoms with Crippen molar-refractivity contribution < 1.29 is 0 Å². The summed E-state index contributed by atoms with van der Waals surface area (Å²) in [5.74, 6) is 1.20. The van der Waals surface area contributed by atoms with Gasteiger partial charge in [-0.1, -0.05) is 0 Å². The number of halogens is 1. The fourth-order valence-electron chi connectivity index (χ4n) is 0.599. The van der Waals surface area contributed by atoms with Gasteiger partial charge in [0.1, 0.15) is 0 Å². The Morgan fingerprint density at radius 2 is 2.62 bits per heavy atom. The van der Waals surface area contributed by atoms with Gasteiger partial charge in [0.05, 0.1) is 4.58 Å². The van der Waals surface area contributed by atoms with Gasteiger partial charge in [-0.05, 0) is 21.7 Å². The predicted molar refractivity (Wildman–Crippen MR) is 42.6 cm³/mol. The molecule has 1 rings (SSSR count). The van der Waals surface area contributed by atoms with Crippen LogP contribution in [0.1, 0.15) is 0 Å². The van der Waals surface area contributed by atoms with E-state index in [2.05, 4.69) is 5.32 Å². The van der Waals surface area contributed by atoms with Crippen molar-refractivity contribution in [3.05, 3.63) is 0 Å². The Kier molecular flexibility index (Phi) is 3.42. The second-order valence-electron chi connectivity index (χ2n) is 1.59. The lowest BCUT2D eigenvalue weighted by Gasteiger charge is -2.18. The predicted octanol–water partition coefficient (Wildman–Crippen LogP) is 1.54. The van der Waals surface area contributed by atoms with Crippen LogP contribution in [0.15, 0.2) is 0 Å². The molecule has 1 heterocycles. The standard InChI is InChI=1S/C4H8ClNS2/c5-8-4-3-6-1-2-7-4/h4,6H,1-3H2. The van der Waals surface area contributed by atoms with E-state index in [-0.39, 0.29) is 0 Å². The molecular weight excluding hydrogens is 162 g/mol. The van der Waals surface area contributed by atoms with Crippen LogP contribution in [-0.4, -0.2) is 23.4 Å². The lowest BCUT2D eigenvalue weighted by molar-refractivity contribution is 0.742. The Morgan fingerprint density at radius 3 is 3.00 bits per heavy atom. The summed E-state index contributed by atoms with van der Waals surface area (Å²) in [6.45, 7) is 2.19. The third-order valence-corrected chi connectivity index (χ3v) is 4.00. The van der Waals surface area contributed by atoms with E-state index in [0.717, 1.165) is 13.1 Å². The number of hydrogen-bond donors (Lipinski definition) is 1. The fourth-order valence-corrected chi connectivity index (χ4v) is 2.69. The van der Waals surface area contributed by atoms with Crippen LogP contribution in [0.4, 0.5) is 0 Å². The van der Waals surface area contributed by atoms with Crippen molar-refractivity contribution in [3.8, 4) is 0 Å². The van der Waals surface area contributed by atoms with Crippen molar-refractivity contribution in [1.82, 2.24) is 5.32 Å². The highest BCUT2D eigenvalue weighted by Crippen LogP contribution is 2.27. The molecule has 0 radical (unpaired) electrons. The van der Waals surface area contributed by atoms with E-state index in [1.807, 2.05) is 11.8 Å². The zero-order valence-corrected chi connectivity index (χ0v) is 6.78. The van der Waals surface area contributed by atoms with Gasteiger partial charge in [0.15, 0.2) is 0 Å². The normalized spacial score (nSPS) is 30.4. The van der Waals surface area contributed by atoms with E-state index in [1.165, 1.54) is 16.7 Å². The van der Waals surface area contributed by atoms with Gasteiger partial charge in [-0.15, -0.1) is 11.8 Å². The monoisotopic (exact) mass is 169 g/mol. The molecular formula is C4H8ClNS2. The molecule has 0 aromatic rings. The summed E-state index contributed by atoms with van der Waals surface area (Å²) in [4.78, 5) is 0. The molecule has 1 aliphatic heterocycles. The minimum Gasteiger partial charge on any atom is -0.314 e. The molecule has 1 saturated heterocycles. The summed E-state index contributed by atoms with van der Waals surface area (Å²) >= 11 is 1.93. The molecule has 0 aromatic carbocycles. The summed E-state index contributed by atoms with van der Waals surface area (Å²) in [6.07, 6.45) is 0. The largest absolute Gasteiger partial charge is 0.314 e. The Hall–Kier alpha value is 0.950. The summed E-state index contributed by atoms with van der Waals surface area (Å²) in [5.41, 5.74) is 0. The number of rotatable bonds is 1. The van der Waals surface area contributed by atoms with E-state index >= 15 is 0 Å². The van der Waals surface area contributed by atoms with Crippen molar-refractivity contribution >= 4 is 33.4 Å². The third-order valence-electron chi connectivity index (χ3n) is 0.993. The number of nitrogens with one attached hydrogen (secondary N) is 1. The van der Waals surface area contributed by atoms with Crippen LogP contribution in [0, 0.1) is 0 Å². The van der Waals surface area contributed by atoms with Crippen LogP contribution in [0.5, 0.6) is 0 Å². The van der Waals surface area contributed by atoms with E-state index in [0.29, 0.717) is 4.58 Å². The Balaban J connectivity index is 2.13. The first kappa shape index (κ1) is 7.06. The fraction of sp³-hybridized carbons (Fsp3) is 1.00. The molecule has 0 aromatic heterocycles. The molecule has 1 fully saturated rings. The smallest absolute Gasteiger partial charge is 0.0778 e. The molecule has 0 amide bonds. The third kappa shape index (κ3) is 2.05. The summed E-state index contributed by atoms with van der Waals surface area (Å²) in [6, 6.07) is 0. The number of thioether (sulfide) groups is 1. The first-order valence-electron chi connectivity index (χ1n) is 2.53. The number of hydrogen-bond acceptors (Lipinski definition) is 3. The van der Waals surface area contributed by atoms with Crippen molar-refractivity contribution in [2.24, 2.45) is 0 Å². The van der Waals surface area contributed by atoms with E-state index in [9.17, 15) is 0 Å². The van der Waals surface area contributed by atoms with E-state index < -0.39 is 0 Å². The van der Waals surface area contributed by atoms with Crippen molar-refractivity contribution in [3.63, 3.8) is 0 Å². The molecule has 1 nitrogen and oxygen atoms in total. The molecule has 0 spiro atoms. The van der Waals surface area contributed by atoms with Crippen LogP contribution in [0.25, 0.3) is 0 Å². The van der Waals surface area contributed by atoms with Gasteiger partial charge in [-0.3, -0.25) is 0 Å². The summed E-state index contributed by atoms with van der Waals surface area (Å²) in [7, 11) is 6.95. The van der Waals surface area contributed by atoms with Gasteiger partial charge in [0.25, 0.3) is 0 Å². The molecule has 48 valence electrons. The van der Waals surface area contributed by atoms with Gasteiger partial charge >= 0.3 is 0 Å². The SMILES string of the molecule is ClSC1CNCCS1. The van der Waals surface area contributed by atoms with Crippen LogP contribution in [0.2, 0.25) is 0 Å². The molecule has 8 heavy (non-hydrogen) atoms. The molecule has 1 aliphatic rings. The molecule has 1 unspecified atom stereocenters. The minimum absolute atomic E-state index is 0.574. The second-order valence-corrected chi connectivity index (χ2v) is 4.48. The Morgan fingerprint density at radius 1 is 1.75 bits per heavy atom. The molecule has 0 bridgehead atoms. The first-order chi connectivity index (χ1) is 3.93. The maximum Gasteiger partial charge on any atom is 0.0778 e. The van der Waals surface area contributed by atoms with Crippen LogP contribution in [0.3, 0.4) is 0 Å². The van der Waals surface area contributed by atoms with Crippen molar-refractivity contribution in [1.29, 1.82) is 0 Å². The van der Waals surface area contributed by atoms with Gasteiger partial charge in [-0.25, -0.2) is 0 Å². The zero-order valence-electron chi connectivity index (χ0n) is 4.39. The average Bonchev–Trinajstić information content (AvgIpc) is 1.90. The average molecular weight is 170 g/mol. The lowest BCUT2D eigenvalue weighted by Crippen LogP contribution is -2.30. The first-order valence-corrected chi connectivity index (χ1v) is 5.28. The summed E-state index contributed by atoms with van der Waals surface area (Å²) in [5, 5.41) is 3.26. The Labute approximate surface area is 62.4 Å². The van der Waals surface area contributed by atoms with Gasteiger partial charge in [0, 0.05) is 18.8 Å². The Bertz CT molecular complexity index is 65.1. The van der Waals surface area contributed by atoms with Crippen LogP contribution in [-0.2, 0) is 0 Å².